The minimum Gasteiger partial charge on any atom is -0.347 e. The molecule has 3 rings (SSSR count). The first-order chi connectivity index (χ1) is 11.5. The third-order valence-corrected chi connectivity index (χ3v) is 4.38. The van der Waals surface area contributed by atoms with E-state index in [4.69, 9.17) is 0 Å². The highest BCUT2D eigenvalue weighted by atomic mass is 19.1. The molecule has 1 fully saturated rings. The second-order valence-electron chi connectivity index (χ2n) is 6.13. The molecule has 1 aliphatic heterocycles. The fourth-order valence-corrected chi connectivity index (χ4v) is 2.86. The lowest BCUT2D eigenvalue weighted by Crippen LogP contribution is -2.37. The molecule has 2 amide bonds. The van der Waals surface area contributed by atoms with Gasteiger partial charge in [-0.05, 0) is 49.2 Å². The molecule has 24 heavy (non-hydrogen) atoms. The van der Waals surface area contributed by atoms with Crippen molar-refractivity contribution in [1.82, 2.24) is 5.32 Å². The van der Waals surface area contributed by atoms with Crippen molar-refractivity contribution in [2.24, 2.45) is 0 Å². The van der Waals surface area contributed by atoms with E-state index < -0.39 is 11.7 Å². The monoisotopic (exact) mass is 326 g/mol. The lowest BCUT2D eigenvalue weighted by Gasteiger charge is -2.18. The molecule has 4 nitrogen and oxygen atoms in total. The highest BCUT2D eigenvalue weighted by Gasteiger charge is 2.32. The van der Waals surface area contributed by atoms with Crippen LogP contribution in [0, 0.1) is 19.7 Å². The predicted molar refractivity (Wildman–Crippen MR) is 90.5 cm³/mol. The van der Waals surface area contributed by atoms with E-state index in [-0.39, 0.29) is 23.9 Å². The van der Waals surface area contributed by atoms with Crippen LogP contribution in [0.25, 0.3) is 0 Å². The van der Waals surface area contributed by atoms with Crippen molar-refractivity contribution in [3.63, 3.8) is 0 Å². The Balaban J connectivity index is 1.72. The molecule has 1 heterocycles. The van der Waals surface area contributed by atoms with Gasteiger partial charge in [-0.1, -0.05) is 18.2 Å². The molecular formula is C19H19FN2O2. The van der Waals surface area contributed by atoms with Crippen molar-refractivity contribution in [3.8, 4) is 0 Å². The number of aryl methyl sites for hydroxylation is 2. The molecular weight excluding hydrogens is 307 g/mol. The molecule has 0 radical (unpaired) electrons. The second-order valence-corrected chi connectivity index (χ2v) is 6.13. The maximum absolute atomic E-state index is 13.7. The summed E-state index contributed by atoms with van der Waals surface area (Å²) in [7, 11) is 0. The number of amides is 2. The van der Waals surface area contributed by atoms with Crippen LogP contribution in [0.3, 0.4) is 0 Å². The molecule has 2 aromatic carbocycles. The number of halogens is 1. The minimum absolute atomic E-state index is 0.00502. The van der Waals surface area contributed by atoms with Crippen LogP contribution in [0.2, 0.25) is 0 Å². The van der Waals surface area contributed by atoms with Gasteiger partial charge in [0.25, 0.3) is 5.91 Å². The zero-order valence-corrected chi connectivity index (χ0v) is 13.7. The molecule has 2 aromatic rings. The molecule has 0 spiro atoms. The standard InChI is InChI=1S/C19H19FN2O2/c1-12-7-8-15(9-13(12)2)22-11-14(10-18(22)23)21-19(24)16-5-3-4-6-17(16)20/h3-9,14H,10-11H2,1-2H3,(H,21,24). The molecule has 0 bridgehead atoms. The average molecular weight is 326 g/mol. The van der Waals surface area contributed by atoms with E-state index in [1.54, 1.807) is 11.0 Å². The fourth-order valence-electron chi connectivity index (χ4n) is 2.86. The Bertz CT molecular complexity index is 804. The molecule has 1 unspecified atom stereocenters. The quantitative estimate of drug-likeness (QED) is 0.943. The number of nitrogens with one attached hydrogen (secondary N) is 1. The lowest BCUT2D eigenvalue weighted by molar-refractivity contribution is -0.117. The number of rotatable bonds is 3. The molecule has 0 aromatic heterocycles. The summed E-state index contributed by atoms with van der Waals surface area (Å²) < 4.78 is 13.7. The average Bonchev–Trinajstić information content (AvgIpc) is 2.91. The third-order valence-electron chi connectivity index (χ3n) is 4.38. The Labute approximate surface area is 140 Å². The van der Waals surface area contributed by atoms with Gasteiger partial charge in [0.1, 0.15) is 5.82 Å². The van der Waals surface area contributed by atoms with Gasteiger partial charge in [0.05, 0.1) is 11.6 Å². The van der Waals surface area contributed by atoms with Gasteiger partial charge in [-0.3, -0.25) is 9.59 Å². The number of carbonyl (C=O) groups is 2. The van der Waals surface area contributed by atoms with Crippen molar-refractivity contribution in [2.45, 2.75) is 26.3 Å². The highest BCUT2D eigenvalue weighted by molar-refractivity contribution is 5.99. The van der Waals surface area contributed by atoms with Crippen molar-refractivity contribution >= 4 is 17.5 Å². The van der Waals surface area contributed by atoms with Crippen LogP contribution in [0.15, 0.2) is 42.5 Å². The van der Waals surface area contributed by atoms with Crippen LogP contribution < -0.4 is 10.2 Å². The Hall–Kier alpha value is -2.69. The van der Waals surface area contributed by atoms with Crippen LogP contribution in [0.1, 0.15) is 27.9 Å². The Kier molecular flexibility index (Phi) is 4.34. The second kappa shape index (κ2) is 6.43. The number of hydrogen-bond donors (Lipinski definition) is 1. The van der Waals surface area contributed by atoms with Crippen LogP contribution in [-0.4, -0.2) is 24.4 Å². The molecule has 124 valence electrons. The van der Waals surface area contributed by atoms with E-state index in [1.807, 2.05) is 32.0 Å². The van der Waals surface area contributed by atoms with E-state index in [0.717, 1.165) is 16.8 Å². The zero-order chi connectivity index (χ0) is 17.3. The van der Waals surface area contributed by atoms with E-state index in [2.05, 4.69) is 5.32 Å². The number of hydrogen-bond acceptors (Lipinski definition) is 2. The lowest BCUT2D eigenvalue weighted by atomic mass is 10.1. The number of benzene rings is 2. The topological polar surface area (TPSA) is 49.4 Å². The van der Waals surface area contributed by atoms with Crippen molar-refractivity contribution in [3.05, 3.63) is 65.0 Å². The first-order valence-corrected chi connectivity index (χ1v) is 7.88. The van der Waals surface area contributed by atoms with Gasteiger partial charge < -0.3 is 10.2 Å². The van der Waals surface area contributed by atoms with Crippen molar-refractivity contribution in [1.29, 1.82) is 0 Å². The van der Waals surface area contributed by atoms with Gasteiger partial charge >= 0.3 is 0 Å². The highest BCUT2D eigenvalue weighted by Crippen LogP contribution is 2.24. The number of carbonyl (C=O) groups excluding carboxylic acids is 2. The largest absolute Gasteiger partial charge is 0.347 e. The van der Waals surface area contributed by atoms with Crippen LogP contribution >= 0.6 is 0 Å². The Morgan fingerprint density at radius 1 is 1.17 bits per heavy atom. The van der Waals surface area contributed by atoms with Gasteiger partial charge in [-0.2, -0.15) is 0 Å². The first-order valence-electron chi connectivity index (χ1n) is 7.88. The van der Waals surface area contributed by atoms with Crippen LogP contribution in [0.4, 0.5) is 10.1 Å². The maximum atomic E-state index is 13.7. The Morgan fingerprint density at radius 3 is 2.62 bits per heavy atom. The van der Waals surface area contributed by atoms with Crippen LogP contribution in [-0.2, 0) is 4.79 Å². The predicted octanol–water partition coefficient (Wildman–Crippen LogP) is 2.98. The number of nitrogens with zero attached hydrogens (tertiary/aromatic N) is 1. The van der Waals surface area contributed by atoms with E-state index in [0.29, 0.717) is 6.54 Å². The summed E-state index contributed by atoms with van der Waals surface area (Å²) in [5.41, 5.74) is 3.09. The van der Waals surface area contributed by atoms with E-state index >= 15 is 0 Å². The van der Waals surface area contributed by atoms with Crippen LogP contribution in [0.5, 0.6) is 0 Å². The summed E-state index contributed by atoms with van der Waals surface area (Å²) in [6.45, 7) is 4.40. The summed E-state index contributed by atoms with van der Waals surface area (Å²) in [6.07, 6.45) is 0.215. The van der Waals surface area contributed by atoms with Gasteiger partial charge in [-0.15, -0.1) is 0 Å². The normalized spacial score (nSPS) is 17.2. The third kappa shape index (κ3) is 3.15. The molecule has 1 saturated heterocycles. The first kappa shape index (κ1) is 16.2. The molecule has 5 heteroatoms. The van der Waals surface area contributed by atoms with Gasteiger partial charge in [0, 0.05) is 18.7 Å². The minimum atomic E-state index is -0.565. The van der Waals surface area contributed by atoms with E-state index in [1.165, 1.54) is 18.2 Å². The SMILES string of the molecule is Cc1ccc(N2CC(NC(=O)c3ccccc3F)CC2=O)cc1C. The smallest absolute Gasteiger partial charge is 0.254 e. The molecule has 0 saturated carbocycles. The van der Waals surface area contributed by atoms with Gasteiger partial charge in [0.15, 0.2) is 0 Å². The molecule has 0 aliphatic carbocycles. The zero-order valence-electron chi connectivity index (χ0n) is 13.7. The summed E-state index contributed by atoms with van der Waals surface area (Å²) in [4.78, 5) is 26.1. The summed E-state index contributed by atoms with van der Waals surface area (Å²) in [5.74, 6) is -1.10. The van der Waals surface area contributed by atoms with Crippen molar-refractivity contribution < 1.29 is 14.0 Å². The maximum Gasteiger partial charge on any atom is 0.254 e. The number of anilines is 1. The van der Waals surface area contributed by atoms with Crippen molar-refractivity contribution in [2.75, 3.05) is 11.4 Å². The summed E-state index contributed by atoms with van der Waals surface area (Å²) in [6, 6.07) is 11.3. The molecule has 1 N–H and O–H groups in total. The molecule has 1 aliphatic rings. The van der Waals surface area contributed by atoms with Gasteiger partial charge in [-0.25, -0.2) is 4.39 Å². The fraction of sp³-hybridized carbons (Fsp3) is 0.263. The van der Waals surface area contributed by atoms with Gasteiger partial charge in [0.2, 0.25) is 5.91 Å². The summed E-state index contributed by atoms with van der Waals surface area (Å²) >= 11 is 0. The van der Waals surface area contributed by atoms with E-state index in [9.17, 15) is 14.0 Å². The Morgan fingerprint density at radius 2 is 1.92 bits per heavy atom. The summed E-state index contributed by atoms with van der Waals surface area (Å²) in [5, 5.41) is 2.75. The molecule has 1 atom stereocenters.